The Morgan fingerprint density at radius 2 is 1.85 bits per heavy atom. The van der Waals surface area contributed by atoms with Gasteiger partial charge in [0.1, 0.15) is 5.56 Å². The molecule has 0 spiro atoms. The Balaban J connectivity index is 1.39. The molecular formula is C21H25N3O3. The van der Waals surface area contributed by atoms with Crippen molar-refractivity contribution in [3.63, 3.8) is 0 Å². The number of carbonyl (C=O) groups excluding carboxylic acids is 1. The van der Waals surface area contributed by atoms with Crippen LogP contribution in [0.3, 0.4) is 0 Å². The highest BCUT2D eigenvalue weighted by Gasteiger charge is 2.51. The van der Waals surface area contributed by atoms with Gasteiger partial charge < -0.3 is 10.0 Å². The van der Waals surface area contributed by atoms with Gasteiger partial charge in [-0.3, -0.25) is 9.48 Å². The van der Waals surface area contributed by atoms with Crippen LogP contribution in [-0.2, 0) is 11.2 Å². The number of aromatic nitrogens is 2. The molecule has 2 heterocycles. The number of nitrogens with zero attached hydrogens (tertiary/aromatic N) is 3. The fourth-order valence-electron chi connectivity index (χ4n) is 4.25. The fourth-order valence-corrected chi connectivity index (χ4v) is 4.25. The first-order valence-electron chi connectivity index (χ1n) is 9.61. The number of carboxylic acids is 1. The Morgan fingerprint density at radius 3 is 2.41 bits per heavy atom. The Hall–Kier alpha value is -2.63. The highest BCUT2D eigenvalue weighted by atomic mass is 16.4. The molecule has 1 aliphatic carbocycles. The summed E-state index contributed by atoms with van der Waals surface area (Å²) in [5.74, 6) is -0.656. The van der Waals surface area contributed by atoms with Crippen molar-refractivity contribution < 1.29 is 14.7 Å². The maximum absolute atomic E-state index is 13.1. The van der Waals surface area contributed by atoms with E-state index in [0.29, 0.717) is 18.8 Å². The molecule has 1 saturated carbocycles. The average Bonchev–Trinajstić information content (AvgIpc) is 3.35. The van der Waals surface area contributed by atoms with E-state index in [9.17, 15) is 14.7 Å². The van der Waals surface area contributed by atoms with Gasteiger partial charge in [-0.05, 0) is 44.6 Å². The normalized spacial score (nSPS) is 19.1. The van der Waals surface area contributed by atoms with Gasteiger partial charge >= 0.3 is 5.97 Å². The molecule has 2 aromatic rings. The number of hydrogen-bond donors (Lipinski definition) is 1. The fraction of sp³-hybridized carbons (Fsp3) is 0.476. The number of likely N-dealkylation sites (tertiary alicyclic amines) is 1. The number of carboxylic acid groups (broad SMARTS) is 1. The van der Waals surface area contributed by atoms with Crippen LogP contribution in [0.15, 0.2) is 36.5 Å². The summed E-state index contributed by atoms with van der Waals surface area (Å²) in [5.41, 5.74) is 1.97. The Bertz CT molecular complexity index is 847. The smallest absolute Gasteiger partial charge is 0.339 e. The van der Waals surface area contributed by atoms with Gasteiger partial charge in [-0.1, -0.05) is 30.3 Å². The number of rotatable bonds is 5. The van der Waals surface area contributed by atoms with Crippen LogP contribution >= 0.6 is 0 Å². The molecule has 0 atom stereocenters. The molecular weight excluding hydrogens is 342 g/mol. The predicted molar refractivity (Wildman–Crippen MR) is 101 cm³/mol. The molecule has 1 aliphatic heterocycles. The second-order valence-corrected chi connectivity index (χ2v) is 7.86. The van der Waals surface area contributed by atoms with E-state index in [1.807, 2.05) is 27.8 Å². The lowest BCUT2D eigenvalue weighted by Crippen LogP contribution is -2.43. The molecule has 0 bridgehead atoms. The molecule has 27 heavy (non-hydrogen) atoms. The van der Waals surface area contributed by atoms with Crippen molar-refractivity contribution in [3.05, 3.63) is 53.3 Å². The van der Waals surface area contributed by atoms with Gasteiger partial charge in [0.05, 0.1) is 23.3 Å². The molecule has 6 nitrogen and oxygen atoms in total. The minimum atomic E-state index is -0.942. The van der Waals surface area contributed by atoms with Gasteiger partial charge in [0.2, 0.25) is 5.91 Å². The number of benzene rings is 1. The van der Waals surface area contributed by atoms with E-state index in [1.165, 1.54) is 11.8 Å². The molecule has 1 N–H and O–H groups in total. The average molecular weight is 367 g/mol. The van der Waals surface area contributed by atoms with Crippen molar-refractivity contribution in [2.45, 2.75) is 45.1 Å². The van der Waals surface area contributed by atoms with Gasteiger partial charge in [0, 0.05) is 13.1 Å². The van der Waals surface area contributed by atoms with Crippen LogP contribution in [-0.4, -0.2) is 44.8 Å². The summed E-state index contributed by atoms with van der Waals surface area (Å²) in [7, 11) is 0. The van der Waals surface area contributed by atoms with Gasteiger partial charge in [0.25, 0.3) is 0 Å². The molecule has 2 fully saturated rings. The first-order chi connectivity index (χ1) is 13.0. The van der Waals surface area contributed by atoms with E-state index in [2.05, 4.69) is 17.2 Å². The highest BCUT2D eigenvalue weighted by Crippen LogP contribution is 2.50. The third-order valence-corrected chi connectivity index (χ3v) is 6.07. The standard InChI is InChI=1S/C21H25N3O3/c1-15-18(19(25)26)14-22-24(15)17-7-11-23(12-8-17)20(27)21(9-10-21)13-16-5-3-2-4-6-16/h2-6,14,17H,7-13H2,1H3,(H,25,26). The van der Waals surface area contributed by atoms with Gasteiger partial charge in [0.15, 0.2) is 0 Å². The summed E-state index contributed by atoms with van der Waals surface area (Å²) < 4.78 is 1.82. The van der Waals surface area contributed by atoms with Gasteiger partial charge in [-0.15, -0.1) is 0 Å². The lowest BCUT2D eigenvalue weighted by molar-refractivity contribution is -0.138. The van der Waals surface area contributed by atoms with E-state index < -0.39 is 5.97 Å². The van der Waals surface area contributed by atoms with Crippen LogP contribution in [0.5, 0.6) is 0 Å². The van der Waals surface area contributed by atoms with Gasteiger partial charge in [-0.2, -0.15) is 5.10 Å². The molecule has 0 radical (unpaired) electrons. The molecule has 0 unspecified atom stereocenters. The topological polar surface area (TPSA) is 75.4 Å². The third-order valence-electron chi connectivity index (χ3n) is 6.07. The molecule has 6 heteroatoms. The monoisotopic (exact) mass is 367 g/mol. The Morgan fingerprint density at radius 1 is 1.19 bits per heavy atom. The lowest BCUT2D eigenvalue weighted by Gasteiger charge is -2.35. The molecule has 1 aromatic carbocycles. The van der Waals surface area contributed by atoms with E-state index in [1.54, 1.807) is 6.92 Å². The zero-order chi connectivity index (χ0) is 19.0. The third kappa shape index (κ3) is 3.36. The SMILES string of the molecule is Cc1c(C(=O)O)cnn1C1CCN(C(=O)C2(Cc3ccccc3)CC2)CC1. The van der Waals surface area contributed by atoms with E-state index in [-0.39, 0.29) is 22.9 Å². The maximum atomic E-state index is 13.1. The van der Waals surface area contributed by atoms with E-state index in [4.69, 9.17) is 0 Å². The molecule has 2 aliphatic rings. The minimum absolute atomic E-state index is 0.159. The first-order valence-corrected chi connectivity index (χ1v) is 9.61. The quantitative estimate of drug-likeness (QED) is 0.881. The summed E-state index contributed by atoms with van der Waals surface area (Å²) in [6, 6.07) is 10.4. The van der Waals surface area contributed by atoms with Crippen LogP contribution in [0.1, 0.15) is 53.3 Å². The number of hydrogen-bond acceptors (Lipinski definition) is 3. The zero-order valence-electron chi connectivity index (χ0n) is 15.6. The van der Waals surface area contributed by atoms with E-state index in [0.717, 1.165) is 32.1 Å². The van der Waals surface area contributed by atoms with Crippen LogP contribution in [0, 0.1) is 12.3 Å². The highest BCUT2D eigenvalue weighted by molar-refractivity contribution is 5.88. The van der Waals surface area contributed by atoms with Crippen LogP contribution in [0.25, 0.3) is 0 Å². The van der Waals surface area contributed by atoms with Crippen molar-refractivity contribution in [1.82, 2.24) is 14.7 Å². The van der Waals surface area contributed by atoms with Crippen LogP contribution in [0.2, 0.25) is 0 Å². The second kappa shape index (κ2) is 6.83. The summed E-state index contributed by atoms with van der Waals surface area (Å²) in [6.07, 6.45) is 5.83. The zero-order valence-corrected chi connectivity index (χ0v) is 15.6. The molecule has 1 saturated heterocycles. The van der Waals surface area contributed by atoms with Crippen molar-refractivity contribution in [2.75, 3.05) is 13.1 Å². The molecule has 1 aromatic heterocycles. The Kier molecular flexibility index (Phi) is 4.50. The van der Waals surface area contributed by atoms with Crippen molar-refractivity contribution in [1.29, 1.82) is 0 Å². The Labute approximate surface area is 158 Å². The molecule has 1 amide bonds. The minimum Gasteiger partial charge on any atom is -0.478 e. The molecule has 142 valence electrons. The number of piperidine rings is 1. The first kappa shape index (κ1) is 17.8. The largest absolute Gasteiger partial charge is 0.478 e. The van der Waals surface area contributed by atoms with Crippen molar-refractivity contribution in [2.24, 2.45) is 5.41 Å². The van der Waals surface area contributed by atoms with Gasteiger partial charge in [-0.25, -0.2) is 4.79 Å². The van der Waals surface area contributed by atoms with Crippen molar-refractivity contribution >= 4 is 11.9 Å². The number of aromatic carboxylic acids is 1. The lowest BCUT2D eigenvalue weighted by atomic mass is 9.93. The summed E-state index contributed by atoms with van der Waals surface area (Å²) in [6.45, 7) is 3.22. The second-order valence-electron chi connectivity index (χ2n) is 7.86. The molecule has 4 rings (SSSR count). The predicted octanol–water partition coefficient (Wildman–Crippen LogP) is 3.08. The summed E-state index contributed by atoms with van der Waals surface area (Å²) >= 11 is 0. The van der Waals surface area contributed by atoms with Crippen LogP contribution in [0.4, 0.5) is 0 Å². The van der Waals surface area contributed by atoms with Crippen LogP contribution < -0.4 is 0 Å². The number of amides is 1. The van der Waals surface area contributed by atoms with Crippen molar-refractivity contribution in [3.8, 4) is 0 Å². The van der Waals surface area contributed by atoms with E-state index >= 15 is 0 Å². The number of carbonyl (C=O) groups is 2. The summed E-state index contributed by atoms with van der Waals surface area (Å²) in [4.78, 5) is 26.3. The maximum Gasteiger partial charge on any atom is 0.339 e. The summed E-state index contributed by atoms with van der Waals surface area (Å²) in [5, 5.41) is 13.5.